The van der Waals surface area contributed by atoms with Gasteiger partial charge in [-0.15, -0.1) is 5.10 Å². The molecule has 18 heavy (non-hydrogen) atoms. The summed E-state index contributed by atoms with van der Waals surface area (Å²) in [5, 5.41) is 18.7. The Morgan fingerprint density at radius 1 is 1.50 bits per heavy atom. The first kappa shape index (κ1) is 14.1. The van der Waals surface area contributed by atoms with Crippen LogP contribution in [0.4, 0.5) is 0 Å². The van der Waals surface area contributed by atoms with E-state index in [1.165, 1.54) is 10.9 Å². The van der Waals surface area contributed by atoms with Crippen molar-refractivity contribution in [1.82, 2.24) is 20.3 Å². The number of carboxylic acids is 1. The molecule has 0 spiro atoms. The van der Waals surface area contributed by atoms with Crippen LogP contribution in [-0.2, 0) is 22.7 Å². The van der Waals surface area contributed by atoms with Crippen LogP contribution in [-0.4, -0.2) is 32.0 Å². The van der Waals surface area contributed by atoms with Gasteiger partial charge in [0.2, 0.25) is 5.91 Å². The lowest BCUT2D eigenvalue weighted by Gasteiger charge is -2.04. The van der Waals surface area contributed by atoms with Gasteiger partial charge in [-0.2, -0.15) is 0 Å². The number of carboxylic acid groups (broad SMARTS) is 1. The molecule has 0 aliphatic rings. The van der Waals surface area contributed by atoms with Gasteiger partial charge in [0.15, 0.2) is 0 Å². The van der Waals surface area contributed by atoms with Gasteiger partial charge in [0.1, 0.15) is 12.2 Å². The molecule has 0 atom stereocenters. The first-order chi connectivity index (χ1) is 8.47. The van der Waals surface area contributed by atoms with Gasteiger partial charge in [-0.1, -0.05) is 19.1 Å². The highest BCUT2D eigenvalue weighted by atomic mass is 16.4. The molecule has 0 aliphatic carbocycles. The van der Waals surface area contributed by atoms with E-state index in [4.69, 9.17) is 5.11 Å². The van der Waals surface area contributed by atoms with E-state index in [1.807, 2.05) is 0 Å². The summed E-state index contributed by atoms with van der Waals surface area (Å²) < 4.78 is 1.22. The molecule has 0 saturated carbocycles. The molecular weight excluding hydrogens is 236 g/mol. The van der Waals surface area contributed by atoms with Gasteiger partial charge in [-0.05, 0) is 12.3 Å². The molecule has 0 radical (unpaired) electrons. The molecule has 0 aromatic carbocycles. The number of nitrogens with zero attached hydrogens (tertiary/aromatic N) is 3. The maximum Gasteiger partial charge on any atom is 0.325 e. The Balaban J connectivity index is 2.32. The van der Waals surface area contributed by atoms with Crippen LogP contribution in [0, 0.1) is 5.92 Å². The number of hydrogen-bond donors (Lipinski definition) is 2. The molecule has 0 unspecified atom stereocenters. The Labute approximate surface area is 105 Å². The monoisotopic (exact) mass is 254 g/mol. The number of hydrogen-bond acceptors (Lipinski definition) is 4. The van der Waals surface area contributed by atoms with Crippen LogP contribution >= 0.6 is 0 Å². The molecule has 0 fully saturated rings. The van der Waals surface area contributed by atoms with Crippen molar-refractivity contribution >= 4 is 11.9 Å². The Morgan fingerprint density at radius 3 is 2.83 bits per heavy atom. The predicted octanol–water partition coefficient (Wildman–Crippen LogP) is 0.415. The predicted molar refractivity (Wildman–Crippen MR) is 63.6 cm³/mol. The van der Waals surface area contributed by atoms with E-state index >= 15 is 0 Å². The Hall–Kier alpha value is -1.92. The second-order valence-electron chi connectivity index (χ2n) is 4.51. The lowest BCUT2D eigenvalue weighted by atomic mass is 10.1. The number of amides is 1. The molecule has 1 aromatic rings. The fourth-order valence-corrected chi connectivity index (χ4v) is 1.33. The van der Waals surface area contributed by atoms with Crippen molar-refractivity contribution in [3.8, 4) is 0 Å². The van der Waals surface area contributed by atoms with E-state index in [0.29, 0.717) is 18.0 Å². The van der Waals surface area contributed by atoms with Gasteiger partial charge in [0.05, 0.1) is 12.7 Å². The van der Waals surface area contributed by atoms with Gasteiger partial charge < -0.3 is 10.4 Å². The fourth-order valence-electron chi connectivity index (χ4n) is 1.33. The fraction of sp³-hybridized carbons (Fsp3) is 0.636. The third-order valence-electron chi connectivity index (χ3n) is 2.30. The molecule has 0 aliphatic heterocycles. The van der Waals surface area contributed by atoms with E-state index in [-0.39, 0.29) is 19.0 Å². The molecule has 1 heterocycles. The summed E-state index contributed by atoms with van der Waals surface area (Å²) in [6, 6.07) is 0. The van der Waals surface area contributed by atoms with E-state index < -0.39 is 5.97 Å². The zero-order valence-electron chi connectivity index (χ0n) is 10.6. The highest BCUT2D eigenvalue weighted by molar-refractivity contribution is 5.75. The third kappa shape index (κ3) is 5.42. The first-order valence-corrected chi connectivity index (χ1v) is 5.85. The van der Waals surface area contributed by atoms with Crippen molar-refractivity contribution in [1.29, 1.82) is 0 Å². The smallest absolute Gasteiger partial charge is 0.325 e. The number of carbonyl (C=O) groups excluding carboxylic acids is 1. The topological polar surface area (TPSA) is 97.1 Å². The van der Waals surface area contributed by atoms with Crippen molar-refractivity contribution in [3.63, 3.8) is 0 Å². The summed E-state index contributed by atoms with van der Waals surface area (Å²) in [7, 11) is 0. The van der Waals surface area contributed by atoms with Gasteiger partial charge >= 0.3 is 5.97 Å². The van der Waals surface area contributed by atoms with Gasteiger partial charge in [-0.3, -0.25) is 9.59 Å². The minimum atomic E-state index is -0.979. The molecule has 1 amide bonds. The lowest BCUT2D eigenvalue weighted by Crippen LogP contribution is -2.23. The SMILES string of the molecule is CC(C)CCC(=O)NCc1cn(CC(=O)O)nn1. The van der Waals surface area contributed by atoms with Crippen molar-refractivity contribution in [2.45, 2.75) is 39.8 Å². The Bertz CT molecular complexity index is 414. The number of aliphatic carboxylic acids is 1. The molecular formula is C11H18N4O3. The van der Waals surface area contributed by atoms with Crippen LogP contribution < -0.4 is 5.32 Å². The van der Waals surface area contributed by atoms with E-state index in [0.717, 1.165) is 6.42 Å². The minimum Gasteiger partial charge on any atom is -0.480 e. The van der Waals surface area contributed by atoms with Crippen LogP contribution in [0.5, 0.6) is 0 Å². The van der Waals surface area contributed by atoms with Crippen molar-refractivity contribution in [2.24, 2.45) is 5.92 Å². The molecule has 1 aromatic heterocycles. The van der Waals surface area contributed by atoms with Crippen LogP contribution in [0.2, 0.25) is 0 Å². The average Bonchev–Trinajstić information content (AvgIpc) is 2.70. The summed E-state index contributed by atoms with van der Waals surface area (Å²) in [6.07, 6.45) is 2.84. The summed E-state index contributed by atoms with van der Waals surface area (Å²) in [6.45, 7) is 4.17. The molecule has 1 rings (SSSR count). The summed E-state index contributed by atoms with van der Waals surface area (Å²) in [4.78, 5) is 21.9. The number of aromatic nitrogens is 3. The standard InChI is InChI=1S/C11H18N4O3/c1-8(2)3-4-10(16)12-5-9-6-15(14-13-9)7-11(17)18/h6,8H,3-5,7H2,1-2H3,(H,12,16)(H,17,18). The summed E-state index contributed by atoms with van der Waals surface area (Å²) >= 11 is 0. The molecule has 0 bridgehead atoms. The van der Waals surface area contributed by atoms with Gasteiger partial charge in [0, 0.05) is 6.42 Å². The van der Waals surface area contributed by atoms with E-state index in [1.54, 1.807) is 0 Å². The van der Waals surface area contributed by atoms with Crippen LogP contribution in [0.1, 0.15) is 32.4 Å². The maximum absolute atomic E-state index is 11.4. The summed E-state index contributed by atoms with van der Waals surface area (Å²) in [5.74, 6) is -0.518. The largest absolute Gasteiger partial charge is 0.480 e. The quantitative estimate of drug-likeness (QED) is 0.734. The van der Waals surface area contributed by atoms with E-state index in [2.05, 4.69) is 29.5 Å². The normalized spacial score (nSPS) is 10.6. The van der Waals surface area contributed by atoms with E-state index in [9.17, 15) is 9.59 Å². The maximum atomic E-state index is 11.4. The number of nitrogens with one attached hydrogen (secondary N) is 1. The second-order valence-corrected chi connectivity index (χ2v) is 4.51. The zero-order chi connectivity index (χ0) is 13.5. The number of rotatable bonds is 7. The van der Waals surface area contributed by atoms with Gasteiger partial charge in [-0.25, -0.2) is 4.68 Å². The average molecular weight is 254 g/mol. The summed E-state index contributed by atoms with van der Waals surface area (Å²) in [5.41, 5.74) is 0.550. The zero-order valence-corrected chi connectivity index (χ0v) is 10.6. The minimum absolute atomic E-state index is 0.0310. The molecule has 2 N–H and O–H groups in total. The third-order valence-corrected chi connectivity index (χ3v) is 2.30. The number of carbonyl (C=O) groups is 2. The van der Waals surface area contributed by atoms with Crippen LogP contribution in [0.3, 0.4) is 0 Å². The highest BCUT2D eigenvalue weighted by Crippen LogP contribution is 2.03. The van der Waals surface area contributed by atoms with Gasteiger partial charge in [0.25, 0.3) is 0 Å². The molecule has 0 saturated heterocycles. The lowest BCUT2D eigenvalue weighted by molar-refractivity contribution is -0.138. The molecule has 7 heteroatoms. The van der Waals surface area contributed by atoms with Crippen LogP contribution in [0.15, 0.2) is 6.20 Å². The Kier molecular flexibility index (Phi) is 5.29. The second kappa shape index (κ2) is 6.73. The molecule has 100 valence electrons. The molecule has 7 nitrogen and oxygen atoms in total. The highest BCUT2D eigenvalue weighted by Gasteiger charge is 2.06. The van der Waals surface area contributed by atoms with Crippen molar-refractivity contribution in [3.05, 3.63) is 11.9 Å². The first-order valence-electron chi connectivity index (χ1n) is 5.85. The van der Waals surface area contributed by atoms with Crippen molar-refractivity contribution in [2.75, 3.05) is 0 Å². The van der Waals surface area contributed by atoms with Crippen LogP contribution in [0.25, 0.3) is 0 Å². The Morgan fingerprint density at radius 2 is 2.22 bits per heavy atom. The van der Waals surface area contributed by atoms with Crippen molar-refractivity contribution < 1.29 is 14.7 Å².